The minimum absolute atomic E-state index is 0.0265. The molecule has 1 aromatic heterocycles. The minimum atomic E-state index is -1.06. The largest absolute Gasteiger partial charge is 0.298 e. The fourth-order valence-corrected chi connectivity index (χ4v) is 1.70. The predicted octanol–water partition coefficient (Wildman–Crippen LogP) is 3.20. The summed E-state index contributed by atoms with van der Waals surface area (Å²) < 4.78 is 27.3. The van der Waals surface area contributed by atoms with E-state index in [4.69, 9.17) is 11.6 Å². The molecule has 0 atom stereocenters. The van der Waals surface area contributed by atoms with Crippen LogP contribution < -0.4 is 0 Å². The lowest BCUT2D eigenvalue weighted by atomic mass is 10.0. The maximum absolute atomic E-state index is 13.8. The summed E-state index contributed by atoms with van der Waals surface area (Å²) in [7, 11) is 0. The Hall–Kier alpha value is -1.88. The van der Waals surface area contributed by atoms with Crippen LogP contribution in [0.1, 0.15) is 15.9 Å². The number of aldehydes is 1. The van der Waals surface area contributed by atoms with Gasteiger partial charge in [-0.1, -0.05) is 17.7 Å². The summed E-state index contributed by atoms with van der Waals surface area (Å²) in [6.45, 7) is 1.44. The van der Waals surface area contributed by atoms with Gasteiger partial charge in [-0.05, 0) is 18.6 Å². The van der Waals surface area contributed by atoms with Crippen molar-refractivity contribution < 1.29 is 13.6 Å². The van der Waals surface area contributed by atoms with Gasteiger partial charge in [0.1, 0.15) is 11.5 Å². The van der Waals surface area contributed by atoms with Crippen molar-refractivity contribution >= 4 is 17.9 Å². The van der Waals surface area contributed by atoms with E-state index < -0.39 is 11.6 Å². The van der Waals surface area contributed by atoms with Crippen LogP contribution in [-0.2, 0) is 0 Å². The van der Waals surface area contributed by atoms with E-state index in [1.807, 2.05) is 0 Å². The monoisotopic (exact) mass is 268 g/mol. The Balaban J connectivity index is 2.74. The minimum Gasteiger partial charge on any atom is -0.298 e. The van der Waals surface area contributed by atoms with E-state index in [9.17, 15) is 13.6 Å². The third-order valence-electron chi connectivity index (χ3n) is 2.48. The molecule has 0 aliphatic heterocycles. The second-order valence-electron chi connectivity index (χ2n) is 3.60. The van der Waals surface area contributed by atoms with Crippen LogP contribution in [0, 0.1) is 18.6 Å². The van der Waals surface area contributed by atoms with Crippen LogP contribution in [0.4, 0.5) is 8.78 Å². The molecule has 3 nitrogen and oxygen atoms in total. The van der Waals surface area contributed by atoms with Gasteiger partial charge in [-0.15, -0.1) is 0 Å². The van der Waals surface area contributed by atoms with Crippen molar-refractivity contribution in [3.63, 3.8) is 0 Å². The average molecular weight is 269 g/mol. The summed E-state index contributed by atoms with van der Waals surface area (Å²) in [5.74, 6) is -2.04. The van der Waals surface area contributed by atoms with Crippen molar-refractivity contribution in [2.24, 2.45) is 0 Å². The molecule has 0 saturated heterocycles. The normalized spacial score (nSPS) is 10.4. The van der Waals surface area contributed by atoms with Gasteiger partial charge in [-0.25, -0.2) is 18.7 Å². The van der Waals surface area contributed by atoms with E-state index in [2.05, 4.69) is 9.97 Å². The quantitative estimate of drug-likeness (QED) is 0.620. The second kappa shape index (κ2) is 4.78. The van der Waals surface area contributed by atoms with Gasteiger partial charge in [-0.3, -0.25) is 4.79 Å². The van der Waals surface area contributed by atoms with Crippen molar-refractivity contribution in [2.75, 3.05) is 0 Å². The number of rotatable bonds is 2. The molecule has 0 aliphatic carbocycles. The zero-order chi connectivity index (χ0) is 13.3. The number of aromatic nitrogens is 2. The molecule has 0 amide bonds. The van der Waals surface area contributed by atoms with E-state index in [0.717, 1.165) is 6.33 Å². The highest BCUT2D eigenvalue weighted by Crippen LogP contribution is 2.28. The van der Waals surface area contributed by atoms with Gasteiger partial charge < -0.3 is 0 Å². The fraction of sp³-hybridized carbons (Fsp3) is 0.0833. The van der Waals surface area contributed by atoms with Crippen molar-refractivity contribution in [1.82, 2.24) is 9.97 Å². The molecule has 92 valence electrons. The van der Waals surface area contributed by atoms with Crippen LogP contribution in [0.3, 0.4) is 0 Å². The molecule has 0 saturated carbocycles. The molecule has 0 radical (unpaired) electrons. The molecule has 18 heavy (non-hydrogen) atoms. The van der Waals surface area contributed by atoms with E-state index in [-0.39, 0.29) is 27.5 Å². The Morgan fingerprint density at radius 2 is 1.94 bits per heavy atom. The molecule has 2 rings (SSSR count). The molecule has 6 heteroatoms. The van der Waals surface area contributed by atoms with Crippen molar-refractivity contribution in [1.29, 1.82) is 0 Å². The lowest BCUT2D eigenvalue weighted by Crippen LogP contribution is -2.00. The number of nitrogens with zero attached hydrogens (tertiary/aromatic N) is 2. The maximum atomic E-state index is 13.8. The lowest BCUT2D eigenvalue weighted by Gasteiger charge is -2.07. The summed E-state index contributed by atoms with van der Waals surface area (Å²) >= 11 is 5.70. The molecule has 2 aromatic rings. The van der Waals surface area contributed by atoms with Crippen molar-refractivity contribution in [3.05, 3.63) is 46.4 Å². The SMILES string of the molecule is Cc1ccc(-c2ncnc(Cl)c2C=O)c(F)c1F. The number of hydrogen-bond donors (Lipinski definition) is 0. The molecular formula is C12H7ClF2N2O. The molecular weight excluding hydrogens is 262 g/mol. The molecule has 1 aromatic carbocycles. The molecule has 0 spiro atoms. The molecule has 1 heterocycles. The summed E-state index contributed by atoms with van der Waals surface area (Å²) in [6.07, 6.45) is 1.50. The predicted molar refractivity (Wildman–Crippen MR) is 62.5 cm³/mol. The number of benzene rings is 1. The standard InChI is InChI=1S/C12H7ClF2N2O/c1-6-2-3-7(10(15)9(6)14)11-8(4-18)12(13)17-5-16-11/h2-5H,1H3. The highest BCUT2D eigenvalue weighted by Gasteiger charge is 2.18. The van der Waals surface area contributed by atoms with E-state index >= 15 is 0 Å². The zero-order valence-corrected chi connectivity index (χ0v) is 10.0. The molecule has 0 bridgehead atoms. The van der Waals surface area contributed by atoms with Crippen molar-refractivity contribution in [3.8, 4) is 11.3 Å². The van der Waals surface area contributed by atoms with Gasteiger partial charge in [0.25, 0.3) is 0 Å². The smallest absolute Gasteiger partial charge is 0.168 e. The first-order valence-corrected chi connectivity index (χ1v) is 5.34. The highest BCUT2D eigenvalue weighted by atomic mass is 35.5. The molecule has 0 aliphatic rings. The van der Waals surface area contributed by atoms with Gasteiger partial charge in [0, 0.05) is 5.56 Å². The van der Waals surface area contributed by atoms with Gasteiger partial charge in [0.2, 0.25) is 0 Å². The number of hydrogen-bond acceptors (Lipinski definition) is 3. The Morgan fingerprint density at radius 3 is 2.61 bits per heavy atom. The maximum Gasteiger partial charge on any atom is 0.168 e. The van der Waals surface area contributed by atoms with Crippen LogP contribution in [0.2, 0.25) is 5.15 Å². The van der Waals surface area contributed by atoms with Gasteiger partial charge in [0.15, 0.2) is 17.9 Å². The Morgan fingerprint density at radius 1 is 1.22 bits per heavy atom. The number of aryl methyl sites for hydroxylation is 1. The summed E-state index contributed by atoms with van der Waals surface area (Å²) in [4.78, 5) is 18.3. The topological polar surface area (TPSA) is 42.9 Å². The Labute approximate surface area is 106 Å². The molecule has 0 N–H and O–H groups in total. The second-order valence-corrected chi connectivity index (χ2v) is 3.96. The highest BCUT2D eigenvalue weighted by molar-refractivity contribution is 6.32. The zero-order valence-electron chi connectivity index (χ0n) is 9.25. The Bertz CT molecular complexity index is 632. The lowest BCUT2D eigenvalue weighted by molar-refractivity contribution is 0.112. The van der Waals surface area contributed by atoms with Crippen LogP contribution >= 0.6 is 11.6 Å². The average Bonchev–Trinajstić information content (AvgIpc) is 2.36. The first-order valence-electron chi connectivity index (χ1n) is 4.97. The third kappa shape index (κ3) is 1.97. The molecule has 0 fully saturated rings. The van der Waals surface area contributed by atoms with Gasteiger partial charge in [0.05, 0.1) is 11.3 Å². The van der Waals surface area contributed by atoms with Crippen LogP contribution in [0.25, 0.3) is 11.3 Å². The number of carbonyl (C=O) groups is 1. The van der Waals surface area contributed by atoms with Gasteiger partial charge >= 0.3 is 0 Å². The summed E-state index contributed by atoms with van der Waals surface area (Å²) in [5, 5.41) is -0.101. The number of halogens is 3. The third-order valence-corrected chi connectivity index (χ3v) is 2.78. The first kappa shape index (κ1) is 12.6. The van der Waals surface area contributed by atoms with E-state index in [1.54, 1.807) is 0 Å². The Kier molecular flexibility index (Phi) is 3.34. The summed E-state index contributed by atoms with van der Waals surface area (Å²) in [6, 6.07) is 2.75. The van der Waals surface area contributed by atoms with Crippen LogP contribution in [0.15, 0.2) is 18.5 Å². The number of carbonyl (C=O) groups excluding carboxylic acids is 1. The van der Waals surface area contributed by atoms with Crippen molar-refractivity contribution in [2.45, 2.75) is 6.92 Å². The van der Waals surface area contributed by atoms with Gasteiger partial charge in [-0.2, -0.15) is 0 Å². The van der Waals surface area contributed by atoms with Crippen LogP contribution in [0.5, 0.6) is 0 Å². The fourth-order valence-electron chi connectivity index (χ4n) is 1.52. The van der Waals surface area contributed by atoms with E-state index in [0.29, 0.717) is 6.29 Å². The van der Waals surface area contributed by atoms with E-state index in [1.165, 1.54) is 19.1 Å². The van der Waals surface area contributed by atoms with Crippen LogP contribution in [-0.4, -0.2) is 16.3 Å². The molecule has 0 unspecified atom stereocenters. The first-order chi connectivity index (χ1) is 8.56. The summed E-state index contributed by atoms with van der Waals surface area (Å²) in [5.41, 5.74) is -0.0451.